The third-order valence-corrected chi connectivity index (χ3v) is 13.0. The van der Waals surface area contributed by atoms with Gasteiger partial charge in [-0.1, -0.05) is 103 Å². The summed E-state index contributed by atoms with van der Waals surface area (Å²) in [5.74, 6) is -0.447. The first-order valence-electron chi connectivity index (χ1n) is 25.4. The number of hydrogen-bond donors (Lipinski definition) is 0. The number of quaternary nitrogens is 1. The van der Waals surface area contributed by atoms with Gasteiger partial charge in [-0.15, -0.1) is 0 Å². The van der Waals surface area contributed by atoms with Crippen LogP contribution in [0.25, 0.3) is 0 Å². The Bertz CT molecular complexity index is 2020. The highest BCUT2D eigenvalue weighted by Crippen LogP contribution is 2.45. The topological polar surface area (TPSA) is 36.9 Å². The minimum atomic E-state index is -4.76. The molecule has 0 amide bonds. The standard InChI is InChI=1S/C48H68BF9NO4.C7H4F3/c1-6-9-12-15-18-21-34-59(35-22-19-16-13-10-7-2,36-23-20-17-14-11-8-3)45(4,60-5)43-37-40(48(56,57)58)28-33-44(43)63-49(61-41-29-24-38(25-30-41)46(50,51)52)62-42-31-26-39(27-32-42)47(53,54)55;8-7(9,10)6-4-2-1-3-5-6/h24-33,37H,6-23,34-36H2,1-5H3;2-5H/q+1;-1. The van der Waals surface area contributed by atoms with Gasteiger partial charge in [-0.2, -0.15) is 83.0 Å². The van der Waals surface area contributed by atoms with Gasteiger partial charge in [-0.25, -0.2) is 0 Å². The molecule has 0 radical (unpaired) electrons. The van der Waals surface area contributed by atoms with Gasteiger partial charge in [0.05, 0.1) is 41.9 Å². The fourth-order valence-electron chi connectivity index (χ4n) is 8.71. The summed E-state index contributed by atoms with van der Waals surface area (Å²) in [5.41, 5.74) is -4.90. The van der Waals surface area contributed by atoms with Gasteiger partial charge in [0, 0.05) is 14.0 Å². The molecule has 4 rings (SSSR count). The summed E-state index contributed by atoms with van der Waals surface area (Å²) in [6.45, 7) is 10.1. The highest BCUT2D eigenvalue weighted by Gasteiger charge is 2.52. The van der Waals surface area contributed by atoms with Gasteiger partial charge in [0.25, 0.3) is 0 Å². The maximum atomic E-state index is 14.7. The van der Waals surface area contributed by atoms with Crippen LogP contribution in [0.2, 0.25) is 0 Å². The average molecular weight is 1050 g/mol. The van der Waals surface area contributed by atoms with Crippen LogP contribution in [0, 0.1) is 6.07 Å². The monoisotopic (exact) mass is 1050 g/mol. The predicted molar refractivity (Wildman–Crippen MR) is 262 cm³/mol. The molecule has 1 atom stereocenters. The fraction of sp³-hybridized carbons (Fsp3) is 0.564. The lowest BCUT2D eigenvalue weighted by molar-refractivity contribution is -1.01. The van der Waals surface area contributed by atoms with Gasteiger partial charge in [0.2, 0.25) is 5.72 Å². The zero-order valence-electron chi connectivity index (χ0n) is 42.7. The number of alkyl halides is 12. The van der Waals surface area contributed by atoms with Crippen molar-refractivity contribution in [3.63, 3.8) is 0 Å². The van der Waals surface area contributed by atoms with Crippen molar-refractivity contribution >= 4 is 7.32 Å². The maximum Gasteiger partial charge on any atom is 0.864 e. The molecular formula is C55H72BF12NO4. The van der Waals surface area contributed by atoms with Crippen LogP contribution < -0.4 is 14.0 Å². The Balaban J connectivity index is 0.00000125. The van der Waals surface area contributed by atoms with Gasteiger partial charge >= 0.3 is 32.0 Å². The van der Waals surface area contributed by atoms with Crippen LogP contribution in [0.4, 0.5) is 52.7 Å². The number of methoxy groups -OCH3 is 1. The summed E-state index contributed by atoms with van der Waals surface area (Å²) in [6.07, 6.45) is -0.185. The summed E-state index contributed by atoms with van der Waals surface area (Å²) in [5, 5.41) is 0. The molecule has 0 aliphatic rings. The highest BCUT2D eigenvalue weighted by atomic mass is 19.4. The van der Waals surface area contributed by atoms with E-state index >= 15 is 0 Å². The van der Waals surface area contributed by atoms with Gasteiger partial charge in [-0.3, -0.25) is 4.48 Å². The first kappa shape index (κ1) is 62.7. The van der Waals surface area contributed by atoms with Crippen LogP contribution in [0.1, 0.15) is 171 Å². The molecule has 0 spiro atoms. The van der Waals surface area contributed by atoms with Crippen LogP contribution in [0.5, 0.6) is 17.2 Å². The normalized spacial score (nSPS) is 13.2. The Morgan fingerprint density at radius 3 is 1.08 bits per heavy atom. The molecule has 1 unspecified atom stereocenters. The Morgan fingerprint density at radius 2 is 0.753 bits per heavy atom. The van der Waals surface area contributed by atoms with E-state index in [2.05, 4.69) is 26.8 Å². The SMILES string of the molecule is CCCCCCCC[N+](CCCCCCCC)(CCCCCCCC)C(C)(OC)c1cc(C(F)(F)F)ccc1OB(Oc1ccc(C(F)(F)F)cc1)Oc1ccc(C(F)(F)F)cc1.FC(F)(F)c1cc[c-]cc1. The Morgan fingerprint density at radius 1 is 0.425 bits per heavy atom. The van der Waals surface area contributed by atoms with E-state index in [-0.39, 0.29) is 22.8 Å². The van der Waals surface area contributed by atoms with E-state index < -0.39 is 60.0 Å². The van der Waals surface area contributed by atoms with Crippen LogP contribution in [-0.2, 0) is 35.2 Å². The molecule has 0 aromatic heterocycles. The third-order valence-electron chi connectivity index (χ3n) is 13.0. The summed E-state index contributed by atoms with van der Waals surface area (Å²) in [4.78, 5) is 0. The number of nitrogens with zero attached hydrogens (tertiary/aromatic N) is 1. The smallest absolute Gasteiger partial charge is 0.490 e. The van der Waals surface area contributed by atoms with Crippen molar-refractivity contribution in [2.45, 2.75) is 174 Å². The molecule has 4 aromatic rings. The first-order chi connectivity index (χ1) is 34.4. The summed E-state index contributed by atoms with van der Waals surface area (Å²) < 4.78 is 185. The molecule has 0 fully saturated rings. The average Bonchev–Trinajstić information content (AvgIpc) is 3.34. The lowest BCUT2D eigenvalue weighted by atomic mass is 9.92. The number of rotatable bonds is 30. The molecule has 0 N–H and O–H groups in total. The Hall–Kier alpha value is -4.58. The lowest BCUT2D eigenvalue weighted by Gasteiger charge is -2.51. The lowest BCUT2D eigenvalue weighted by Crippen LogP contribution is -2.63. The van der Waals surface area contributed by atoms with Crippen molar-refractivity contribution < 1.29 is 75.9 Å². The minimum Gasteiger partial charge on any atom is -0.490 e. The molecule has 0 saturated carbocycles. The number of ether oxygens (including phenoxy) is 1. The zero-order valence-corrected chi connectivity index (χ0v) is 42.7. The number of unbranched alkanes of at least 4 members (excludes halogenated alkanes) is 15. The van der Waals surface area contributed by atoms with Gasteiger partial charge < -0.3 is 18.7 Å². The van der Waals surface area contributed by atoms with Crippen LogP contribution in [0.3, 0.4) is 0 Å². The van der Waals surface area contributed by atoms with Gasteiger partial charge in [0.1, 0.15) is 17.2 Å². The number of benzene rings is 4. The van der Waals surface area contributed by atoms with E-state index in [1.165, 1.54) is 19.2 Å². The molecule has 5 nitrogen and oxygen atoms in total. The molecule has 0 aliphatic carbocycles. The van der Waals surface area contributed by atoms with Crippen molar-refractivity contribution in [3.8, 4) is 17.2 Å². The van der Waals surface area contributed by atoms with Crippen LogP contribution in [0.15, 0.2) is 91.0 Å². The molecule has 0 bridgehead atoms. The van der Waals surface area contributed by atoms with E-state index in [0.29, 0.717) is 24.1 Å². The quantitative estimate of drug-likeness (QED) is 0.0130. The molecule has 73 heavy (non-hydrogen) atoms. The molecule has 18 heteroatoms. The summed E-state index contributed by atoms with van der Waals surface area (Å²) in [6, 6.07) is 17.1. The van der Waals surface area contributed by atoms with Crippen molar-refractivity contribution in [2.75, 3.05) is 26.7 Å². The van der Waals surface area contributed by atoms with Crippen LogP contribution in [-0.4, -0.2) is 38.5 Å². The predicted octanol–water partition coefficient (Wildman–Crippen LogP) is 18.5. The molecular weight excluding hydrogens is 977 g/mol. The molecule has 0 aliphatic heterocycles. The van der Waals surface area contributed by atoms with Crippen LogP contribution >= 0.6 is 0 Å². The van der Waals surface area contributed by atoms with E-state index in [0.717, 1.165) is 194 Å². The number of halogens is 12. The molecule has 4 aromatic carbocycles. The van der Waals surface area contributed by atoms with Crippen molar-refractivity contribution in [2.24, 2.45) is 0 Å². The third kappa shape index (κ3) is 20.9. The van der Waals surface area contributed by atoms with Crippen molar-refractivity contribution in [1.82, 2.24) is 0 Å². The van der Waals surface area contributed by atoms with Gasteiger partial charge in [-0.05, 0) is 105 Å². The molecule has 0 saturated heterocycles. The fourth-order valence-corrected chi connectivity index (χ4v) is 8.71. The molecule has 408 valence electrons. The molecule has 0 heterocycles. The second-order valence-corrected chi connectivity index (χ2v) is 18.5. The second kappa shape index (κ2) is 30.1. The summed E-state index contributed by atoms with van der Waals surface area (Å²) >= 11 is 0. The van der Waals surface area contributed by atoms with E-state index in [4.69, 9.17) is 18.7 Å². The Kier molecular flexibility index (Phi) is 25.9. The van der Waals surface area contributed by atoms with E-state index in [1.807, 2.05) is 0 Å². The van der Waals surface area contributed by atoms with Crippen molar-refractivity contribution in [1.29, 1.82) is 0 Å². The van der Waals surface area contributed by atoms with E-state index in [1.54, 1.807) is 6.92 Å². The first-order valence-corrected chi connectivity index (χ1v) is 25.4. The largest absolute Gasteiger partial charge is 0.864 e. The second-order valence-electron chi connectivity index (χ2n) is 18.5. The Labute approximate surface area is 424 Å². The minimum absolute atomic E-state index is 0.0554. The number of hydrogen-bond acceptors (Lipinski definition) is 4. The van der Waals surface area contributed by atoms with E-state index in [9.17, 15) is 52.7 Å². The van der Waals surface area contributed by atoms with Crippen molar-refractivity contribution in [3.05, 3.63) is 125 Å². The maximum absolute atomic E-state index is 14.7. The van der Waals surface area contributed by atoms with Gasteiger partial charge in [0.15, 0.2) is 0 Å². The zero-order chi connectivity index (χ0) is 54.2. The summed E-state index contributed by atoms with van der Waals surface area (Å²) in [7, 11) is -0.414. The highest BCUT2D eigenvalue weighted by molar-refractivity contribution is 6.39.